The standard InChI is InChI=1S/C14H19Cl2N3O2/c1-9(20)7-17-14(21)18-11-4-5-19(8-11)13-3-2-10(15)6-12(13)16/h2-3,6,9,11,20H,4-5,7-8H2,1H3,(H2,17,18,21)/t9-,11+/m1/s1. The number of nitrogens with one attached hydrogen (secondary N) is 2. The normalized spacial score (nSPS) is 19.4. The Morgan fingerprint density at radius 3 is 2.95 bits per heavy atom. The summed E-state index contributed by atoms with van der Waals surface area (Å²) in [7, 11) is 0. The van der Waals surface area contributed by atoms with Crippen molar-refractivity contribution in [3.05, 3.63) is 28.2 Å². The lowest BCUT2D eigenvalue weighted by Gasteiger charge is -2.20. The molecule has 1 aliphatic rings. The van der Waals surface area contributed by atoms with Crippen LogP contribution in [0.25, 0.3) is 0 Å². The first-order chi connectivity index (χ1) is 9.95. The van der Waals surface area contributed by atoms with Crippen molar-refractivity contribution in [3.8, 4) is 0 Å². The van der Waals surface area contributed by atoms with Crippen molar-refractivity contribution in [1.29, 1.82) is 0 Å². The SMILES string of the molecule is C[C@@H](O)CNC(=O)N[C@H]1CCN(c2ccc(Cl)cc2Cl)C1. The van der Waals surface area contributed by atoms with E-state index in [1.165, 1.54) is 0 Å². The molecule has 1 fully saturated rings. The Kier molecular flexibility index (Phi) is 5.56. The molecule has 0 aliphatic carbocycles. The van der Waals surface area contributed by atoms with Crippen molar-refractivity contribution >= 4 is 34.9 Å². The molecule has 7 heteroatoms. The number of amides is 2. The molecule has 1 aromatic rings. The van der Waals surface area contributed by atoms with Gasteiger partial charge in [-0.3, -0.25) is 0 Å². The molecule has 0 bridgehead atoms. The molecule has 5 nitrogen and oxygen atoms in total. The number of urea groups is 1. The number of carbonyl (C=O) groups excluding carboxylic acids is 1. The lowest BCUT2D eigenvalue weighted by Crippen LogP contribution is -2.45. The average molecular weight is 332 g/mol. The maximum Gasteiger partial charge on any atom is 0.315 e. The lowest BCUT2D eigenvalue weighted by molar-refractivity contribution is 0.187. The number of benzene rings is 1. The molecule has 21 heavy (non-hydrogen) atoms. The number of hydrogen-bond acceptors (Lipinski definition) is 3. The molecule has 2 rings (SSSR count). The van der Waals surface area contributed by atoms with Gasteiger partial charge in [0.1, 0.15) is 0 Å². The number of hydrogen-bond donors (Lipinski definition) is 3. The van der Waals surface area contributed by atoms with Crippen LogP contribution >= 0.6 is 23.2 Å². The summed E-state index contributed by atoms with van der Waals surface area (Å²) in [5.74, 6) is 0. The zero-order valence-corrected chi connectivity index (χ0v) is 13.3. The smallest absolute Gasteiger partial charge is 0.315 e. The van der Waals surface area contributed by atoms with Crippen LogP contribution in [0.3, 0.4) is 0 Å². The Balaban J connectivity index is 1.87. The molecule has 1 heterocycles. The van der Waals surface area contributed by atoms with Crippen LogP contribution in [0.15, 0.2) is 18.2 Å². The summed E-state index contributed by atoms with van der Waals surface area (Å²) in [6.45, 7) is 3.39. The Morgan fingerprint density at radius 2 is 2.29 bits per heavy atom. The van der Waals surface area contributed by atoms with Crippen molar-refractivity contribution in [2.45, 2.75) is 25.5 Å². The van der Waals surface area contributed by atoms with Crippen molar-refractivity contribution < 1.29 is 9.90 Å². The summed E-state index contributed by atoms with van der Waals surface area (Å²) in [5.41, 5.74) is 0.926. The van der Waals surface area contributed by atoms with Crippen LogP contribution in [0.4, 0.5) is 10.5 Å². The fourth-order valence-electron chi connectivity index (χ4n) is 2.31. The highest BCUT2D eigenvalue weighted by molar-refractivity contribution is 6.36. The second-order valence-electron chi connectivity index (χ2n) is 5.23. The van der Waals surface area contributed by atoms with Crippen molar-refractivity contribution in [2.75, 3.05) is 24.5 Å². The van der Waals surface area contributed by atoms with E-state index in [2.05, 4.69) is 15.5 Å². The molecule has 1 aromatic carbocycles. The Morgan fingerprint density at radius 1 is 1.52 bits per heavy atom. The third kappa shape index (κ3) is 4.66. The maximum absolute atomic E-state index is 11.7. The highest BCUT2D eigenvalue weighted by atomic mass is 35.5. The van der Waals surface area contributed by atoms with Gasteiger partial charge >= 0.3 is 6.03 Å². The predicted molar refractivity (Wildman–Crippen MR) is 85.3 cm³/mol. The molecule has 1 saturated heterocycles. The van der Waals surface area contributed by atoms with Crippen LogP contribution in [0, 0.1) is 0 Å². The number of anilines is 1. The average Bonchev–Trinajstić information content (AvgIpc) is 2.84. The Bertz CT molecular complexity index is 511. The molecule has 0 radical (unpaired) electrons. The lowest BCUT2D eigenvalue weighted by atomic mass is 10.2. The van der Waals surface area contributed by atoms with Crippen LogP contribution in [0.1, 0.15) is 13.3 Å². The molecule has 0 spiro atoms. The molecule has 116 valence electrons. The summed E-state index contributed by atoms with van der Waals surface area (Å²) in [5, 5.41) is 15.9. The van der Waals surface area contributed by atoms with Gasteiger partial charge in [-0.2, -0.15) is 0 Å². The predicted octanol–water partition coefficient (Wildman–Crippen LogP) is 2.25. The van der Waals surface area contributed by atoms with Gasteiger partial charge in [0.25, 0.3) is 0 Å². The molecule has 1 aliphatic heterocycles. The topological polar surface area (TPSA) is 64.6 Å². The number of aliphatic hydroxyl groups excluding tert-OH is 1. The number of carbonyl (C=O) groups is 1. The summed E-state index contributed by atoms with van der Waals surface area (Å²) in [4.78, 5) is 13.8. The quantitative estimate of drug-likeness (QED) is 0.792. The van der Waals surface area contributed by atoms with E-state index in [-0.39, 0.29) is 18.6 Å². The van der Waals surface area contributed by atoms with E-state index in [1.54, 1.807) is 19.1 Å². The number of nitrogens with zero attached hydrogens (tertiary/aromatic N) is 1. The highest BCUT2D eigenvalue weighted by Gasteiger charge is 2.25. The van der Waals surface area contributed by atoms with Crippen LogP contribution in [0.2, 0.25) is 10.0 Å². The van der Waals surface area contributed by atoms with Gasteiger partial charge in [-0.25, -0.2) is 4.79 Å². The van der Waals surface area contributed by atoms with Crippen molar-refractivity contribution in [1.82, 2.24) is 10.6 Å². The fraction of sp³-hybridized carbons (Fsp3) is 0.500. The van der Waals surface area contributed by atoms with Gasteiger partial charge in [0.15, 0.2) is 0 Å². The van der Waals surface area contributed by atoms with Crippen LogP contribution in [-0.2, 0) is 0 Å². The van der Waals surface area contributed by atoms with Gasteiger partial charge in [-0.1, -0.05) is 23.2 Å². The second-order valence-corrected chi connectivity index (χ2v) is 6.07. The van der Waals surface area contributed by atoms with E-state index in [4.69, 9.17) is 28.3 Å². The van der Waals surface area contributed by atoms with Crippen molar-refractivity contribution in [3.63, 3.8) is 0 Å². The van der Waals surface area contributed by atoms with Gasteiger partial charge in [0, 0.05) is 30.7 Å². The number of aliphatic hydroxyl groups is 1. The zero-order valence-electron chi connectivity index (χ0n) is 11.8. The second kappa shape index (κ2) is 7.20. The summed E-state index contributed by atoms with van der Waals surface area (Å²) in [6.07, 6.45) is 0.296. The van der Waals surface area contributed by atoms with E-state index in [0.717, 1.165) is 18.7 Å². The fourth-order valence-corrected chi connectivity index (χ4v) is 2.84. The molecule has 2 amide bonds. The third-order valence-electron chi connectivity index (χ3n) is 3.33. The van der Waals surface area contributed by atoms with E-state index in [0.29, 0.717) is 16.6 Å². The van der Waals surface area contributed by atoms with E-state index in [9.17, 15) is 4.79 Å². The van der Waals surface area contributed by atoms with E-state index in [1.807, 2.05) is 6.07 Å². The first kappa shape index (κ1) is 16.2. The minimum atomic E-state index is -0.552. The minimum Gasteiger partial charge on any atom is -0.392 e. The Hall–Kier alpha value is -1.17. The summed E-state index contributed by atoms with van der Waals surface area (Å²) in [6, 6.07) is 5.21. The minimum absolute atomic E-state index is 0.0609. The third-order valence-corrected chi connectivity index (χ3v) is 3.87. The zero-order chi connectivity index (χ0) is 15.4. The molecule has 0 aromatic heterocycles. The van der Waals surface area contributed by atoms with Gasteiger partial charge in [0.05, 0.1) is 16.8 Å². The van der Waals surface area contributed by atoms with Crippen molar-refractivity contribution in [2.24, 2.45) is 0 Å². The number of halogens is 2. The Labute approximate surface area is 134 Å². The molecular formula is C14H19Cl2N3O2. The van der Waals surface area contributed by atoms with Gasteiger partial charge in [-0.05, 0) is 31.5 Å². The first-order valence-electron chi connectivity index (χ1n) is 6.88. The molecule has 0 saturated carbocycles. The van der Waals surface area contributed by atoms with E-state index < -0.39 is 6.10 Å². The monoisotopic (exact) mass is 331 g/mol. The summed E-state index contributed by atoms with van der Waals surface area (Å²) >= 11 is 12.1. The summed E-state index contributed by atoms with van der Waals surface area (Å²) < 4.78 is 0. The van der Waals surface area contributed by atoms with Crippen LogP contribution in [0.5, 0.6) is 0 Å². The first-order valence-corrected chi connectivity index (χ1v) is 7.63. The van der Waals surface area contributed by atoms with Gasteiger partial charge < -0.3 is 20.6 Å². The molecule has 2 atom stereocenters. The maximum atomic E-state index is 11.7. The van der Waals surface area contributed by atoms with Crippen LogP contribution < -0.4 is 15.5 Å². The van der Waals surface area contributed by atoms with Gasteiger partial charge in [-0.15, -0.1) is 0 Å². The number of rotatable bonds is 4. The largest absolute Gasteiger partial charge is 0.392 e. The van der Waals surface area contributed by atoms with E-state index >= 15 is 0 Å². The van der Waals surface area contributed by atoms with Crippen LogP contribution in [-0.4, -0.2) is 42.9 Å². The molecule has 0 unspecified atom stereocenters. The molecular weight excluding hydrogens is 313 g/mol. The molecule has 3 N–H and O–H groups in total. The highest BCUT2D eigenvalue weighted by Crippen LogP contribution is 2.30. The van der Waals surface area contributed by atoms with Gasteiger partial charge in [0.2, 0.25) is 0 Å².